The Morgan fingerprint density at radius 1 is 1.36 bits per heavy atom. The molecule has 3 rings (SSSR count). The van der Waals surface area contributed by atoms with Gasteiger partial charge in [-0.1, -0.05) is 0 Å². The number of carbonyl (C=O) groups excluding carboxylic acids is 1. The molecule has 120 valence electrons. The summed E-state index contributed by atoms with van der Waals surface area (Å²) in [6, 6.07) is 3.64. The van der Waals surface area contributed by atoms with Crippen LogP contribution < -0.4 is 15.7 Å². The highest BCUT2D eigenvalue weighted by Crippen LogP contribution is 2.14. The monoisotopic (exact) mass is 306 g/mol. The van der Waals surface area contributed by atoms with Crippen LogP contribution in [0.15, 0.2) is 18.3 Å². The van der Waals surface area contributed by atoms with Gasteiger partial charge in [0.1, 0.15) is 5.82 Å². The molecular formula is C15H22N4O3. The number of hydroxylamine groups is 1. The van der Waals surface area contributed by atoms with Gasteiger partial charge in [-0.25, -0.2) is 15.3 Å². The van der Waals surface area contributed by atoms with E-state index in [1.165, 1.54) is 0 Å². The Labute approximate surface area is 129 Å². The number of pyridine rings is 1. The summed E-state index contributed by atoms with van der Waals surface area (Å²) < 4.78 is 5.40. The number of carbonyl (C=O) groups is 1. The lowest BCUT2D eigenvalue weighted by atomic mass is 10.2. The van der Waals surface area contributed by atoms with E-state index < -0.39 is 0 Å². The van der Waals surface area contributed by atoms with Crippen LogP contribution in [-0.4, -0.2) is 50.0 Å². The normalized spacial score (nSPS) is 22.4. The smallest absolute Gasteiger partial charge is 0.276 e. The SMILES string of the molecule is O=C(NOC1CCCCO1)c1ccc(N2CCNCC2)nc1. The molecule has 0 bridgehead atoms. The van der Waals surface area contributed by atoms with E-state index in [-0.39, 0.29) is 12.2 Å². The molecule has 0 radical (unpaired) electrons. The Morgan fingerprint density at radius 2 is 2.23 bits per heavy atom. The number of piperazine rings is 1. The number of ether oxygens (including phenoxy) is 1. The molecular weight excluding hydrogens is 284 g/mol. The van der Waals surface area contributed by atoms with Crippen molar-refractivity contribution in [2.24, 2.45) is 0 Å². The second kappa shape index (κ2) is 7.53. The Bertz CT molecular complexity index is 482. The standard InChI is InChI=1S/C15H22N4O3/c20-15(18-22-14-3-1-2-10-21-14)12-4-5-13(17-11-12)19-8-6-16-7-9-19/h4-5,11,14,16H,1-3,6-10H2,(H,18,20). The minimum absolute atomic E-state index is 0.298. The third-order valence-corrected chi connectivity index (χ3v) is 3.87. The zero-order valence-electron chi connectivity index (χ0n) is 12.6. The lowest BCUT2D eigenvalue weighted by Crippen LogP contribution is -2.43. The maximum Gasteiger partial charge on any atom is 0.276 e. The molecule has 2 fully saturated rings. The van der Waals surface area contributed by atoms with Crippen molar-refractivity contribution >= 4 is 11.7 Å². The fraction of sp³-hybridized carbons (Fsp3) is 0.600. The molecule has 0 spiro atoms. The van der Waals surface area contributed by atoms with Gasteiger partial charge in [0, 0.05) is 45.4 Å². The Balaban J connectivity index is 1.51. The molecule has 22 heavy (non-hydrogen) atoms. The van der Waals surface area contributed by atoms with Gasteiger partial charge in [0.2, 0.25) is 0 Å². The number of nitrogens with one attached hydrogen (secondary N) is 2. The van der Waals surface area contributed by atoms with E-state index >= 15 is 0 Å². The highest BCUT2D eigenvalue weighted by Gasteiger charge is 2.17. The number of rotatable bonds is 4. The van der Waals surface area contributed by atoms with Crippen molar-refractivity contribution in [1.82, 2.24) is 15.8 Å². The Kier molecular flexibility index (Phi) is 5.20. The van der Waals surface area contributed by atoms with Crippen LogP contribution in [0.25, 0.3) is 0 Å². The van der Waals surface area contributed by atoms with Gasteiger partial charge in [0.15, 0.2) is 6.29 Å². The zero-order chi connectivity index (χ0) is 15.2. The van der Waals surface area contributed by atoms with Crippen molar-refractivity contribution in [2.45, 2.75) is 25.6 Å². The molecule has 0 aromatic carbocycles. The number of nitrogens with zero attached hydrogens (tertiary/aromatic N) is 2. The summed E-state index contributed by atoms with van der Waals surface area (Å²) in [6.07, 6.45) is 4.15. The molecule has 7 nitrogen and oxygen atoms in total. The van der Waals surface area contributed by atoms with E-state index in [4.69, 9.17) is 9.57 Å². The lowest BCUT2D eigenvalue weighted by Gasteiger charge is -2.28. The summed E-state index contributed by atoms with van der Waals surface area (Å²) in [6.45, 7) is 4.46. The first kappa shape index (κ1) is 15.2. The van der Waals surface area contributed by atoms with Crippen molar-refractivity contribution in [1.29, 1.82) is 0 Å². The summed E-state index contributed by atoms with van der Waals surface area (Å²) in [4.78, 5) is 23.9. The second-order valence-corrected chi connectivity index (χ2v) is 5.49. The van der Waals surface area contributed by atoms with E-state index in [0.29, 0.717) is 12.2 Å². The van der Waals surface area contributed by atoms with Gasteiger partial charge < -0.3 is 15.0 Å². The predicted molar refractivity (Wildman–Crippen MR) is 81.5 cm³/mol. The van der Waals surface area contributed by atoms with E-state index in [1.807, 2.05) is 6.07 Å². The van der Waals surface area contributed by atoms with Crippen LogP contribution in [0, 0.1) is 0 Å². The Morgan fingerprint density at radius 3 is 2.91 bits per heavy atom. The van der Waals surface area contributed by atoms with Crippen molar-refractivity contribution < 1.29 is 14.4 Å². The molecule has 2 N–H and O–H groups in total. The Hall–Kier alpha value is -1.70. The predicted octanol–water partition coefficient (Wildman–Crippen LogP) is 0.679. The molecule has 0 aliphatic carbocycles. The summed E-state index contributed by atoms with van der Waals surface area (Å²) >= 11 is 0. The quantitative estimate of drug-likeness (QED) is 0.797. The summed E-state index contributed by atoms with van der Waals surface area (Å²) in [7, 11) is 0. The molecule has 1 aromatic heterocycles. The third kappa shape index (κ3) is 3.94. The summed E-state index contributed by atoms with van der Waals surface area (Å²) in [5, 5.41) is 3.30. The van der Waals surface area contributed by atoms with Gasteiger partial charge in [-0.05, 0) is 25.0 Å². The van der Waals surface area contributed by atoms with Crippen LogP contribution in [-0.2, 0) is 9.57 Å². The fourth-order valence-corrected chi connectivity index (χ4v) is 2.58. The lowest BCUT2D eigenvalue weighted by molar-refractivity contribution is -0.186. The molecule has 3 heterocycles. The van der Waals surface area contributed by atoms with Crippen LogP contribution in [0.4, 0.5) is 5.82 Å². The van der Waals surface area contributed by atoms with Gasteiger partial charge in [0.25, 0.3) is 5.91 Å². The van der Waals surface area contributed by atoms with E-state index in [0.717, 1.165) is 51.3 Å². The van der Waals surface area contributed by atoms with Crippen LogP contribution in [0.3, 0.4) is 0 Å². The first-order chi connectivity index (χ1) is 10.8. The van der Waals surface area contributed by atoms with Gasteiger partial charge in [-0.2, -0.15) is 0 Å². The maximum absolute atomic E-state index is 12.0. The molecule has 0 saturated carbocycles. The molecule has 2 saturated heterocycles. The van der Waals surface area contributed by atoms with Crippen molar-refractivity contribution in [3.05, 3.63) is 23.9 Å². The number of hydrogen-bond acceptors (Lipinski definition) is 6. The zero-order valence-corrected chi connectivity index (χ0v) is 12.6. The molecule has 1 unspecified atom stereocenters. The average Bonchev–Trinajstić information content (AvgIpc) is 2.61. The van der Waals surface area contributed by atoms with Crippen LogP contribution in [0.2, 0.25) is 0 Å². The summed E-state index contributed by atoms with van der Waals surface area (Å²) in [5.74, 6) is 0.600. The second-order valence-electron chi connectivity index (χ2n) is 5.49. The number of hydrogen-bond donors (Lipinski definition) is 2. The molecule has 2 aliphatic heterocycles. The third-order valence-electron chi connectivity index (χ3n) is 3.87. The number of amides is 1. The molecule has 1 aromatic rings. The minimum Gasteiger partial charge on any atom is -0.354 e. The summed E-state index contributed by atoms with van der Waals surface area (Å²) in [5.41, 5.74) is 2.92. The minimum atomic E-state index is -0.342. The van der Waals surface area contributed by atoms with Gasteiger partial charge in [-0.15, -0.1) is 0 Å². The van der Waals surface area contributed by atoms with Crippen LogP contribution in [0.5, 0.6) is 0 Å². The number of anilines is 1. The van der Waals surface area contributed by atoms with E-state index in [9.17, 15) is 4.79 Å². The highest BCUT2D eigenvalue weighted by atomic mass is 16.8. The molecule has 7 heteroatoms. The average molecular weight is 306 g/mol. The van der Waals surface area contributed by atoms with Gasteiger partial charge >= 0.3 is 0 Å². The van der Waals surface area contributed by atoms with Crippen LogP contribution in [0.1, 0.15) is 29.6 Å². The highest BCUT2D eigenvalue weighted by molar-refractivity contribution is 5.93. The maximum atomic E-state index is 12.0. The molecule has 2 aliphatic rings. The number of aromatic nitrogens is 1. The fourth-order valence-electron chi connectivity index (χ4n) is 2.58. The van der Waals surface area contributed by atoms with E-state index in [1.54, 1.807) is 12.3 Å². The van der Waals surface area contributed by atoms with E-state index in [2.05, 4.69) is 20.7 Å². The topological polar surface area (TPSA) is 75.7 Å². The first-order valence-electron chi connectivity index (χ1n) is 7.82. The molecule has 1 amide bonds. The molecule has 1 atom stereocenters. The van der Waals surface area contributed by atoms with Crippen LogP contribution >= 0.6 is 0 Å². The first-order valence-corrected chi connectivity index (χ1v) is 7.82. The van der Waals surface area contributed by atoms with Gasteiger partial charge in [-0.3, -0.25) is 4.79 Å². The van der Waals surface area contributed by atoms with Crippen molar-refractivity contribution in [3.8, 4) is 0 Å². The van der Waals surface area contributed by atoms with Gasteiger partial charge in [0.05, 0.1) is 5.56 Å². The largest absolute Gasteiger partial charge is 0.354 e. The van der Waals surface area contributed by atoms with Crippen molar-refractivity contribution in [2.75, 3.05) is 37.7 Å². The van der Waals surface area contributed by atoms with Crippen molar-refractivity contribution in [3.63, 3.8) is 0 Å².